The first kappa shape index (κ1) is 10.2. The molecule has 78 valence electrons. The number of methoxy groups -OCH3 is 1. The van der Waals surface area contributed by atoms with Gasteiger partial charge in [-0.2, -0.15) is 0 Å². The van der Waals surface area contributed by atoms with Crippen LogP contribution in [0.4, 0.5) is 0 Å². The molecule has 0 fully saturated rings. The third-order valence-corrected chi connectivity index (χ3v) is 2.56. The topological polar surface area (TPSA) is 27.1 Å². The minimum atomic E-state index is 0.836. The molecule has 1 aromatic heterocycles. The number of aryl methyl sites for hydroxylation is 1. The Morgan fingerprint density at radius 3 is 2.80 bits per heavy atom. The van der Waals surface area contributed by atoms with Crippen LogP contribution >= 0.6 is 15.9 Å². The summed E-state index contributed by atoms with van der Waals surface area (Å²) in [5, 5.41) is 0. The summed E-state index contributed by atoms with van der Waals surface area (Å²) >= 11 is 3.35. The lowest BCUT2D eigenvalue weighted by Crippen LogP contribution is -1.91. The van der Waals surface area contributed by atoms with Gasteiger partial charge in [-0.25, -0.2) is 4.98 Å². The van der Waals surface area contributed by atoms with Crippen LogP contribution in [0.3, 0.4) is 0 Å². The molecule has 0 N–H and O–H groups in total. The smallest absolute Gasteiger partial charge is 0.141 e. The zero-order valence-corrected chi connectivity index (χ0v) is 10.2. The van der Waals surface area contributed by atoms with Crippen molar-refractivity contribution >= 4 is 15.9 Å². The molecule has 0 saturated carbocycles. The maximum absolute atomic E-state index is 5.17. The maximum Gasteiger partial charge on any atom is 0.141 e. The number of rotatable bonds is 2. The normalized spacial score (nSPS) is 10.3. The van der Waals surface area contributed by atoms with E-state index >= 15 is 0 Å². The number of nitrogens with zero attached hydrogens (tertiary/aromatic N) is 2. The first-order valence-electron chi connectivity index (χ1n) is 4.54. The molecule has 1 heterocycles. The van der Waals surface area contributed by atoms with E-state index in [4.69, 9.17) is 4.74 Å². The largest absolute Gasteiger partial charge is 0.497 e. The van der Waals surface area contributed by atoms with Crippen LogP contribution in [-0.4, -0.2) is 16.7 Å². The molecule has 0 aliphatic heterocycles. The van der Waals surface area contributed by atoms with Crippen LogP contribution < -0.4 is 4.74 Å². The SMILES string of the molecule is COc1cccc(-c2nc(Br)cn2C)c1. The maximum atomic E-state index is 5.17. The lowest BCUT2D eigenvalue weighted by molar-refractivity contribution is 0.415. The van der Waals surface area contributed by atoms with Gasteiger partial charge in [0.2, 0.25) is 0 Å². The lowest BCUT2D eigenvalue weighted by Gasteiger charge is -2.03. The van der Waals surface area contributed by atoms with E-state index in [0.29, 0.717) is 0 Å². The fourth-order valence-electron chi connectivity index (χ4n) is 1.46. The third-order valence-electron chi connectivity index (χ3n) is 2.17. The second-order valence-corrected chi connectivity index (χ2v) is 4.04. The van der Waals surface area contributed by atoms with Crippen LogP contribution in [-0.2, 0) is 7.05 Å². The Labute approximate surface area is 96.8 Å². The van der Waals surface area contributed by atoms with Crippen LogP contribution in [0, 0.1) is 0 Å². The highest BCUT2D eigenvalue weighted by atomic mass is 79.9. The Bertz CT molecular complexity index is 479. The van der Waals surface area contributed by atoms with Gasteiger partial charge in [0.1, 0.15) is 16.2 Å². The lowest BCUT2D eigenvalue weighted by atomic mass is 10.2. The predicted octanol–water partition coefficient (Wildman–Crippen LogP) is 2.86. The second-order valence-electron chi connectivity index (χ2n) is 3.23. The fraction of sp³-hybridized carbons (Fsp3) is 0.182. The molecule has 1 aromatic carbocycles. The average Bonchev–Trinajstić information content (AvgIpc) is 2.58. The van der Waals surface area contributed by atoms with Gasteiger partial charge in [-0.05, 0) is 28.1 Å². The Balaban J connectivity index is 2.49. The molecule has 4 heteroatoms. The standard InChI is InChI=1S/C11H11BrN2O/c1-14-7-10(12)13-11(14)8-4-3-5-9(6-8)15-2/h3-7H,1-2H3. The highest BCUT2D eigenvalue weighted by molar-refractivity contribution is 9.10. The highest BCUT2D eigenvalue weighted by Crippen LogP contribution is 2.23. The molecule has 0 radical (unpaired) electrons. The van der Waals surface area contributed by atoms with Crippen LogP contribution in [0.2, 0.25) is 0 Å². The van der Waals surface area contributed by atoms with Crippen molar-refractivity contribution < 1.29 is 4.74 Å². The Kier molecular flexibility index (Phi) is 2.77. The highest BCUT2D eigenvalue weighted by Gasteiger charge is 2.06. The van der Waals surface area contributed by atoms with Crippen molar-refractivity contribution in [2.75, 3.05) is 7.11 Å². The molecule has 0 spiro atoms. The summed E-state index contributed by atoms with van der Waals surface area (Å²) in [4.78, 5) is 4.38. The van der Waals surface area contributed by atoms with Crippen LogP contribution in [0.25, 0.3) is 11.4 Å². The number of ether oxygens (including phenoxy) is 1. The summed E-state index contributed by atoms with van der Waals surface area (Å²) in [7, 11) is 3.63. The van der Waals surface area contributed by atoms with Crippen molar-refractivity contribution in [3.05, 3.63) is 35.1 Å². The molecule has 0 bridgehead atoms. The van der Waals surface area contributed by atoms with Crippen molar-refractivity contribution in [2.24, 2.45) is 7.05 Å². The molecule has 0 unspecified atom stereocenters. The summed E-state index contributed by atoms with van der Waals surface area (Å²) < 4.78 is 7.98. The molecule has 0 saturated heterocycles. The third kappa shape index (κ3) is 2.04. The van der Waals surface area contributed by atoms with Gasteiger partial charge in [0.05, 0.1) is 7.11 Å². The fourth-order valence-corrected chi connectivity index (χ4v) is 1.94. The number of benzene rings is 1. The number of hydrogen-bond acceptors (Lipinski definition) is 2. The summed E-state index contributed by atoms with van der Waals surface area (Å²) in [6.45, 7) is 0. The van der Waals surface area contributed by atoms with Crippen LogP contribution in [0.5, 0.6) is 5.75 Å². The van der Waals surface area contributed by atoms with Gasteiger partial charge in [-0.15, -0.1) is 0 Å². The first-order valence-corrected chi connectivity index (χ1v) is 5.33. The molecular formula is C11H11BrN2O. The molecule has 15 heavy (non-hydrogen) atoms. The van der Waals surface area contributed by atoms with Gasteiger partial charge in [0.25, 0.3) is 0 Å². The molecule has 3 nitrogen and oxygen atoms in total. The number of halogens is 1. The second kappa shape index (κ2) is 4.06. The molecule has 0 aliphatic carbocycles. The molecule has 2 aromatic rings. The van der Waals surface area contributed by atoms with Crippen LogP contribution in [0.1, 0.15) is 0 Å². The zero-order chi connectivity index (χ0) is 10.8. The van der Waals surface area contributed by atoms with E-state index in [-0.39, 0.29) is 0 Å². The molecular weight excluding hydrogens is 256 g/mol. The summed E-state index contributed by atoms with van der Waals surface area (Å²) in [6.07, 6.45) is 1.93. The van der Waals surface area contributed by atoms with Gasteiger partial charge in [0.15, 0.2) is 0 Å². The number of aromatic nitrogens is 2. The zero-order valence-electron chi connectivity index (χ0n) is 8.57. The number of imidazole rings is 1. The monoisotopic (exact) mass is 266 g/mol. The Morgan fingerprint density at radius 2 is 2.20 bits per heavy atom. The van der Waals surface area contributed by atoms with Crippen molar-refractivity contribution in [1.29, 1.82) is 0 Å². The number of hydrogen-bond donors (Lipinski definition) is 0. The molecule has 0 amide bonds. The quantitative estimate of drug-likeness (QED) is 0.836. The van der Waals surface area contributed by atoms with Crippen molar-refractivity contribution in [3.63, 3.8) is 0 Å². The van der Waals surface area contributed by atoms with E-state index < -0.39 is 0 Å². The van der Waals surface area contributed by atoms with E-state index in [2.05, 4.69) is 20.9 Å². The Morgan fingerprint density at radius 1 is 1.40 bits per heavy atom. The van der Waals surface area contributed by atoms with Gasteiger partial charge in [0, 0.05) is 18.8 Å². The predicted molar refractivity (Wildman–Crippen MR) is 62.9 cm³/mol. The van der Waals surface area contributed by atoms with E-state index in [1.54, 1.807) is 7.11 Å². The summed E-state index contributed by atoms with van der Waals surface area (Å²) in [6, 6.07) is 7.85. The van der Waals surface area contributed by atoms with E-state index in [1.807, 2.05) is 42.1 Å². The van der Waals surface area contributed by atoms with Crippen molar-refractivity contribution in [2.45, 2.75) is 0 Å². The molecule has 0 atom stereocenters. The van der Waals surface area contributed by atoms with Crippen molar-refractivity contribution in [1.82, 2.24) is 9.55 Å². The molecule has 0 aliphatic rings. The average molecular weight is 267 g/mol. The van der Waals surface area contributed by atoms with E-state index in [9.17, 15) is 0 Å². The van der Waals surface area contributed by atoms with Gasteiger partial charge in [-0.3, -0.25) is 0 Å². The summed E-state index contributed by atoms with van der Waals surface area (Å²) in [5.41, 5.74) is 1.04. The summed E-state index contributed by atoms with van der Waals surface area (Å²) in [5.74, 6) is 1.76. The van der Waals surface area contributed by atoms with E-state index in [0.717, 1.165) is 21.7 Å². The van der Waals surface area contributed by atoms with Gasteiger partial charge in [-0.1, -0.05) is 12.1 Å². The minimum Gasteiger partial charge on any atom is -0.497 e. The van der Waals surface area contributed by atoms with Crippen molar-refractivity contribution in [3.8, 4) is 17.1 Å². The van der Waals surface area contributed by atoms with Crippen LogP contribution in [0.15, 0.2) is 35.1 Å². The molecule has 2 rings (SSSR count). The van der Waals surface area contributed by atoms with E-state index in [1.165, 1.54) is 0 Å². The first-order chi connectivity index (χ1) is 7.20. The van der Waals surface area contributed by atoms with Gasteiger partial charge < -0.3 is 9.30 Å². The minimum absolute atomic E-state index is 0.836. The Hall–Kier alpha value is -1.29. The van der Waals surface area contributed by atoms with Gasteiger partial charge >= 0.3 is 0 Å².